The SMILES string of the molecule is O=C(NC(=S)n1cnc2ccccc21)C12CC3CC(CC(C3)C1)C2. The van der Waals surface area contributed by atoms with E-state index in [2.05, 4.69) is 10.3 Å². The third-order valence-corrected chi connectivity index (χ3v) is 6.71. The summed E-state index contributed by atoms with van der Waals surface area (Å²) in [5, 5.41) is 3.50. The van der Waals surface area contributed by atoms with E-state index in [0.29, 0.717) is 5.11 Å². The van der Waals surface area contributed by atoms with E-state index in [9.17, 15) is 4.79 Å². The molecule has 1 N–H and O–H groups in total. The van der Waals surface area contributed by atoms with Gasteiger partial charge in [0.25, 0.3) is 0 Å². The second-order valence-corrected chi connectivity index (χ2v) is 8.45. The quantitative estimate of drug-likeness (QED) is 0.809. The molecule has 0 radical (unpaired) electrons. The van der Waals surface area contributed by atoms with Crippen molar-refractivity contribution in [3.63, 3.8) is 0 Å². The minimum Gasteiger partial charge on any atom is -0.302 e. The number of benzene rings is 1. The standard InChI is InChI=1S/C19H21N3OS/c23-17(19-8-12-5-13(9-19)7-14(6-12)10-19)21-18(24)22-11-20-15-3-1-2-4-16(15)22/h1-4,11-14H,5-10H2,(H,21,23,24). The number of nitrogens with zero attached hydrogens (tertiary/aromatic N) is 2. The Labute approximate surface area is 146 Å². The van der Waals surface area contributed by atoms with Crippen LogP contribution in [0.4, 0.5) is 0 Å². The van der Waals surface area contributed by atoms with Gasteiger partial charge in [0.15, 0.2) is 5.11 Å². The first-order valence-corrected chi connectivity index (χ1v) is 9.32. The van der Waals surface area contributed by atoms with Crippen LogP contribution in [0.5, 0.6) is 0 Å². The van der Waals surface area contributed by atoms with E-state index < -0.39 is 0 Å². The fourth-order valence-corrected chi connectivity index (χ4v) is 6.04. The van der Waals surface area contributed by atoms with Crippen LogP contribution in [0.25, 0.3) is 11.0 Å². The number of carbonyl (C=O) groups is 1. The van der Waals surface area contributed by atoms with E-state index in [0.717, 1.165) is 48.0 Å². The molecule has 1 heterocycles. The topological polar surface area (TPSA) is 46.9 Å². The lowest BCUT2D eigenvalue weighted by Crippen LogP contribution is -2.54. The molecule has 0 aliphatic heterocycles. The number of hydrogen-bond donors (Lipinski definition) is 1. The van der Waals surface area contributed by atoms with Gasteiger partial charge in [-0.1, -0.05) is 12.1 Å². The molecule has 4 saturated carbocycles. The Morgan fingerprint density at radius 1 is 1.12 bits per heavy atom. The Balaban J connectivity index is 1.40. The number of para-hydroxylation sites is 2. The van der Waals surface area contributed by atoms with Crippen molar-refractivity contribution in [1.29, 1.82) is 0 Å². The van der Waals surface area contributed by atoms with Gasteiger partial charge < -0.3 is 5.32 Å². The second-order valence-electron chi connectivity index (χ2n) is 8.06. The van der Waals surface area contributed by atoms with Gasteiger partial charge in [-0.3, -0.25) is 9.36 Å². The van der Waals surface area contributed by atoms with Crippen molar-refractivity contribution in [3.8, 4) is 0 Å². The Morgan fingerprint density at radius 3 is 2.42 bits per heavy atom. The average Bonchev–Trinajstić information content (AvgIpc) is 2.97. The van der Waals surface area contributed by atoms with E-state index in [4.69, 9.17) is 12.2 Å². The summed E-state index contributed by atoms with van der Waals surface area (Å²) in [6.07, 6.45) is 8.87. The molecule has 1 aromatic carbocycles. The van der Waals surface area contributed by atoms with Gasteiger partial charge >= 0.3 is 0 Å². The minimum absolute atomic E-state index is 0.143. The number of rotatable bonds is 1. The number of carbonyl (C=O) groups excluding carboxylic acids is 1. The maximum absolute atomic E-state index is 13.1. The number of nitrogens with one attached hydrogen (secondary N) is 1. The van der Waals surface area contributed by atoms with E-state index in [-0.39, 0.29) is 11.3 Å². The number of fused-ring (bicyclic) bond motifs is 1. The number of thiocarbonyl (C=S) groups is 1. The van der Waals surface area contributed by atoms with Crippen LogP contribution in [0.1, 0.15) is 38.5 Å². The van der Waals surface area contributed by atoms with E-state index >= 15 is 0 Å². The molecule has 4 aliphatic carbocycles. The molecule has 4 nitrogen and oxygen atoms in total. The molecule has 0 spiro atoms. The normalized spacial score (nSPS) is 33.8. The molecule has 6 rings (SSSR count). The highest BCUT2D eigenvalue weighted by Crippen LogP contribution is 2.60. The van der Waals surface area contributed by atoms with E-state index in [1.807, 2.05) is 28.8 Å². The van der Waals surface area contributed by atoms with Crippen molar-refractivity contribution in [3.05, 3.63) is 30.6 Å². The van der Waals surface area contributed by atoms with Crippen LogP contribution in [0.2, 0.25) is 0 Å². The van der Waals surface area contributed by atoms with Crippen molar-refractivity contribution in [2.45, 2.75) is 38.5 Å². The molecule has 4 bridgehead atoms. The predicted molar refractivity (Wildman–Crippen MR) is 96.5 cm³/mol. The molecule has 1 aromatic heterocycles. The largest absolute Gasteiger partial charge is 0.302 e. The van der Waals surface area contributed by atoms with Crippen molar-refractivity contribution in [2.75, 3.05) is 0 Å². The molecule has 0 saturated heterocycles. The fraction of sp³-hybridized carbons (Fsp3) is 0.526. The molecule has 124 valence electrons. The van der Waals surface area contributed by atoms with Crippen LogP contribution in [0.3, 0.4) is 0 Å². The Bertz CT molecular complexity index is 805. The number of aromatic nitrogens is 2. The Kier molecular flexibility index (Phi) is 3.11. The summed E-state index contributed by atoms with van der Waals surface area (Å²) >= 11 is 5.52. The second kappa shape index (κ2) is 5.12. The molecule has 4 aliphatic rings. The third-order valence-electron chi connectivity index (χ3n) is 6.41. The molecule has 5 heteroatoms. The lowest BCUT2D eigenvalue weighted by atomic mass is 9.49. The fourth-order valence-electron chi connectivity index (χ4n) is 5.80. The van der Waals surface area contributed by atoms with Gasteiger partial charge in [-0.05, 0) is 80.6 Å². The van der Waals surface area contributed by atoms with Gasteiger partial charge in [-0.15, -0.1) is 0 Å². The van der Waals surface area contributed by atoms with Crippen LogP contribution in [-0.2, 0) is 4.79 Å². The molecule has 1 amide bonds. The zero-order valence-electron chi connectivity index (χ0n) is 13.6. The summed E-state index contributed by atoms with van der Waals surface area (Å²) in [5.74, 6) is 2.41. The molecular formula is C19H21N3OS. The minimum atomic E-state index is -0.171. The van der Waals surface area contributed by atoms with Gasteiger partial charge in [-0.2, -0.15) is 0 Å². The van der Waals surface area contributed by atoms with E-state index in [1.54, 1.807) is 6.33 Å². The smallest absolute Gasteiger partial charge is 0.232 e. The number of hydrogen-bond acceptors (Lipinski definition) is 3. The summed E-state index contributed by atoms with van der Waals surface area (Å²) in [7, 11) is 0. The number of imidazole rings is 1. The van der Waals surface area contributed by atoms with Crippen molar-refractivity contribution < 1.29 is 4.79 Å². The first-order chi connectivity index (χ1) is 11.6. The van der Waals surface area contributed by atoms with Crippen LogP contribution in [0, 0.1) is 23.2 Å². The highest BCUT2D eigenvalue weighted by molar-refractivity contribution is 7.80. The van der Waals surface area contributed by atoms with Gasteiger partial charge in [0.05, 0.1) is 16.4 Å². The zero-order valence-corrected chi connectivity index (χ0v) is 14.4. The van der Waals surface area contributed by atoms with Gasteiger partial charge in [-0.25, -0.2) is 4.98 Å². The first kappa shape index (κ1) is 14.6. The van der Waals surface area contributed by atoms with Gasteiger partial charge in [0, 0.05) is 0 Å². The average molecular weight is 339 g/mol. The highest BCUT2D eigenvalue weighted by atomic mass is 32.1. The maximum Gasteiger partial charge on any atom is 0.232 e. The maximum atomic E-state index is 13.1. The molecule has 0 unspecified atom stereocenters. The Morgan fingerprint density at radius 2 is 1.75 bits per heavy atom. The lowest BCUT2D eigenvalue weighted by Gasteiger charge is -2.55. The van der Waals surface area contributed by atoms with E-state index in [1.165, 1.54) is 19.3 Å². The molecule has 0 atom stereocenters. The molecular weight excluding hydrogens is 318 g/mol. The monoisotopic (exact) mass is 339 g/mol. The first-order valence-electron chi connectivity index (χ1n) is 8.91. The van der Waals surface area contributed by atoms with Gasteiger partial charge in [0.2, 0.25) is 5.91 Å². The summed E-state index contributed by atoms with van der Waals surface area (Å²) < 4.78 is 1.81. The van der Waals surface area contributed by atoms with Crippen molar-refractivity contribution >= 4 is 34.3 Å². The summed E-state index contributed by atoms with van der Waals surface area (Å²) in [5.41, 5.74) is 1.66. The summed E-state index contributed by atoms with van der Waals surface area (Å²) in [6.45, 7) is 0. The molecule has 4 fully saturated rings. The van der Waals surface area contributed by atoms with Crippen molar-refractivity contribution in [1.82, 2.24) is 14.9 Å². The van der Waals surface area contributed by atoms with Crippen LogP contribution in [0.15, 0.2) is 30.6 Å². The summed E-state index contributed by atoms with van der Waals surface area (Å²) in [6, 6.07) is 7.85. The van der Waals surface area contributed by atoms with Crippen molar-refractivity contribution in [2.24, 2.45) is 23.2 Å². The highest BCUT2D eigenvalue weighted by Gasteiger charge is 2.54. The van der Waals surface area contributed by atoms with Crippen LogP contribution >= 0.6 is 12.2 Å². The number of amides is 1. The Hall–Kier alpha value is -1.75. The van der Waals surface area contributed by atoms with Crippen LogP contribution < -0.4 is 5.32 Å². The predicted octanol–water partition coefficient (Wildman–Crippen LogP) is 3.50. The molecule has 2 aromatic rings. The zero-order chi connectivity index (χ0) is 16.3. The third kappa shape index (κ3) is 2.14. The van der Waals surface area contributed by atoms with Gasteiger partial charge in [0.1, 0.15) is 6.33 Å². The lowest BCUT2D eigenvalue weighted by molar-refractivity contribution is -0.144. The molecule has 24 heavy (non-hydrogen) atoms. The van der Waals surface area contributed by atoms with Crippen LogP contribution in [-0.4, -0.2) is 20.6 Å². The summed E-state index contributed by atoms with van der Waals surface area (Å²) in [4.78, 5) is 17.5.